The van der Waals surface area contributed by atoms with Gasteiger partial charge in [0, 0.05) is 24.5 Å². The van der Waals surface area contributed by atoms with E-state index in [0.717, 1.165) is 25.3 Å². The SMILES string of the molecule is CCCCC(CCCC)N(CCC(C)(C)C)c1nccc(CCC)n1. The van der Waals surface area contributed by atoms with Crippen LogP contribution < -0.4 is 4.90 Å². The zero-order valence-corrected chi connectivity index (χ0v) is 17.6. The lowest BCUT2D eigenvalue weighted by Crippen LogP contribution is -2.39. The second-order valence-corrected chi connectivity index (χ2v) is 8.54. The summed E-state index contributed by atoms with van der Waals surface area (Å²) in [4.78, 5) is 12.1. The van der Waals surface area contributed by atoms with Gasteiger partial charge in [-0.15, -0.1) is 0 Å². The number of hydrogen-bond acceptors (Lipinski definition) is 3. The van der Waals surface area contributed by atoms with E-state index in [0.29, 0.717) is 11.5 Å². The van der Waals surface area contributed by atoms with E-state index in [1.165, 1.54) is 50.6 Å². The van der Waals surface area contributed by atoms with Crippen molar-refractivity contribution in [3.05, 3.63) is 18.0 Å². The maximum Gasteiger partial charge on any atom is 0.225 e. The summed E-state index contributed by atoms with van der Waals surface area (Å²) >= 11 is 0. The summed E-state index contributed by atoms with van der Waals surface area (Å²) < 4.78 is 0. The minimum atomic E-state index is 0.333. The number of aryl methyl sites for hydroxylation is 1. The van der Waals surface area contributed by atoms with E-state index in [-0.39, 0.29) is 0 Å². The molecule has 0 aliphatic rings. The number of hydrogen-bond donors (Lipinski definition) is 0. The summed E-state index contributed by atoms with van der Waals surface area (Å²) in [5, 5.41) is 0. The van der Waals surface area contributed by atoms with Gasteiger partial charge in [-0.1, -0.05) is 73.6 Å². The van der Waals surface area contributed by atoms with Crippen LogP contribution in [0.3, 0.4) is 0 Å². The van der Waals surface area contributed by atoms with Gasteiger partial charge in [0.2, 0.25) is 5.95 Å². The van der Waals surface area contributed by atoms with Crippen molar-refractivity contribution in [3.8, 4) is 0 Å². The molecule has 3 nitrogen and oxygen atoms in total. The lowest BCUT2D eigenvalue weighted by molar-refractivity contribution is 0.361. The molecule has 0 unspecified atom stereocenters. The van der Waals surface area contributed by atoms with E-state index >= 15 is 0 Å². The number of anilines is 1. The molecule has 0 saturated carbocycles. The van der Waals surface area contributed by atoms with Crippen LogP contribution in [0.5, 0.6) is 0 Å². The highest BCUT2D eigenvalue weighted by molar-refractivity contribution is 5.32. The quantitative estimate of drug-likeness (QED) is 0.437. The van der Waals surface area contributed by atoms with E-state index in [2.05, 4.69) is 57.5 Å². The van der Waals surface area contributed by atoms with E-state index < -0.39 is 0 Å². The number of rotatable bonds is 12. The van der Waals surface area contributed by atoms with Crippen molar-refractivity contribution in [2.24, 2.45) is 5.41 Å². The Bertz CT molecular complexity index is 457. The van der Waals surface area contributed by atoms with Gasteiger partial charge in [0.05, 0.1) is 0 Å². The van der Waals surface area contributed by atoms with Crippen LogP contribution in [0.25, 0.3) is 0 Å². The summed E-state index contributed by atoms with van der Waals surface area (Å²) in [6.45, 7) is 14.8. The normalized spacial score (nSPS) is 12.0. The fraction of sp³-hybridized carbons (Fsp3) is 0.818. The topological polar surface area (TPSA) is 29.0 Å². The summed E-state index contributed by atoms with van der Waals surface area (Å²) in [6.07, 6.45) is 12.9. The molecular formula is C22H41N3. The molecule has 0 N–H and O–H groups in total. The zero-order valence-electron chi connectivity index (χ0n) is 17.6. The largest absolute Gasteiger partial charge is 0.338 e. The van der Waals surface area contributed by atoms with E-state index in [1.54, 1.807) is 0 Å². The Morgan fingerprint density at radius 3 is 2.16 bits per heavy atom. The smallest absolute Gasteiger partial charge is 0.225 e. The van der Waals surface area contributed by atoms with Crippen molar-refractivity contribution in [2.45, 2.75) is 105 Å². The zero-order chi connectivity index (χ0) is 18.7. The first-order valence-electron chi connectivity index (χ1n) is 10.5. The van der Waals surface area contributed by atoms with Crippen LogP contribution in [0, 0.1) is 5.41 Å². The first-order valence-corrected chi connectivity index (χ1v) is 10.5. The number of aromatic nitrogens is 2. The van der Waals surface area contributed by atoms with E-state index in [4.69, 9.17) is 4.98 Å². The van der Waals surface area contributed by atoms with Crippen molar-refractivity contribution < 1.29 is 0 Å². The fourth-order valence-corrected chi connectivity index (χ4v) is 3.16. The van der Waals surface area contributed by atoms with Crippen LogP contribution in [-0.2, 0) is 6.42 Å². The summed E-state index contributed by atoms with van der Waals surface area (Å²) in [5.74, 6) is 0.951. The van der Waals surface area contributed by atoms with Crippen molar-refractivity contribution in [1.82, 2.24) is 9.97 Å². The van der Waals surface area contributed by atoms with Gasteiger partial charge in [-0.05, 0) is 37.2 Å². The lowest BCUT2D eigenvalue weighted by atomic mass is 9.91. The minimum absolute atomic E-state index is 0.333. The third kappa shape index (κ3) is 8.69. The van der Waals surface area contributed by atoms with Crippen molar-refractivity contribution in [3.63, 3.8) is 0 Å². The standard InChI is InChI=1S/C22H41N3/c1-7-10-13-20(14-11-8-2)25(18-16-22(4,5)6)21-23-17-15-19(24-21)12-9-3/h15,17,20H,7-14,16,18H2,1-6H3. The molecule has 0 amide bonds. The molecule has 0 fully saturated rings. The van der Waals surface area contributed by atoms with Crippen LogP contribution in [0.1, 0.15) is 98.6 Å². The molecule has 1 heterocycles. The Balaban J connectivity index is 3.04. The van der Waals surface area contributed by atoms with Gasteiger partial charge < -0.3 is 4.90 Å². The van der Waals surface area contributed by atoms with Gasteiger partial charge >= 0.3 is 0 Å². The third-order valence-electron chi connectivity index (χ3n) is 4.79. The lowest BCUT2D eigenvalue weighted by Gasteiger charge is -2.34. The van der Waals surface area contributed by atoms with E-state index in [9.17, 15) is 0 Å². The molecule has 0 bridgehead atoms. The molecule has 0 aliphatic heterocycles. The Kier molecular flexibility index (Phi) is 10.1. The Hall–Kier alpha value is -1.12. The maximum absolute atomic E-state index is 4.92. The summed E-state index contributed by atoms with van der Waals surface area (Å²) in [6, 6.07) is 2.64. The highest BCUT2D eigenvalue weighted by atomic mass is 15.3. The second-order valence-electron chi connectivity index (χ2n) is 8.54. The number of unbranched alkanes of at least 4 members (excludes halogenated alkanes) is 2. The summed E-state index contributed by atoms with van der Waals surface area (Å²) in [7, 11) is 0. The predicted molar refractivity (Wildman–Crippen MR) is 110 cm³/mol. The molecule has 1 aromatic heterocycles. The summed E-state index contributed by atoms with van der Waals surface area (Å²) in [5.41, 5.74) is 1.51. The van der Waals surface area contributed by atoms with Gasteiger partial charge in [-0.3, -0.25) is 0 Å². The molecule has 0 spiro atoms. The maximum atomic E-state index is 4.92. The monoisotopic (exact) mass is 347 g/mol. The van der Waals surface area contributed by atoms with Gasteiger partial charge in [-0.25, -0.2) is 9.97 Å². The first-order chi connectivity index (χ1) is 11.9. The Morgan fingerprint density at radius 1 is 1.00 bits per heavy atom. The van der Waals surface area contributed by atoms with Crippen LogP contribution in [-0.4, -0.2) is 22.6 Å². The molecule has 1 aromatic rings. The molecule has 0 aliphatic carbocycles. The molecule has 144 valence electrons. The Morgan fingerprint density at radius 2 is 1.64 bits per heavy atom. The first kappa shape index (κ1) is 21.9. The van der Waals surface area contributed by atoms with Gasteiger partial charge in [-0.2, -0.15) is 0 Å². The highest BCUT2D eigenvalue weighted by Crippen LogP contribution is 2.25. The highest BCUT2D eigenvalue weighted by Gasteiger charge is 2.23. The van der Waals surface area contributed by atoms with E-state index in [1.807, 2.05) is 6.20 Å². The molecule has 1 rings (SSSR count). The predicted octanol–water partition coefficient (Wildman–Crippen LogP) is 6.42. The molecular weight excluding hydrogens is 306 g/mol. The molecule has 0 aromatic carbocycles. The van der Waals surface area contributed by atoms with Gasteiger partial charge in [0.1, 0.15) is 0 Å². The molecule has 0 saturated heterocycles. The average molecular weight is 348 g/mol. The fourth-order valence-electron chi connectivity index (χ4n) is 3.16. The molecule has 3 heteroatoms. The van der Waals surface area contributed by atoms with Gasteiger partial charge in [0.15, 0.2) is 0 Å². The minimum Gasteiger partial charge on any atom is -0.338 e. The molecule has 0 radical (unpaired) electrons. The molecule has 0 atom stereocenters. The van der Waals surface area contributed by atoms with Crippen LogP contribution in [0.2, 0.25) is 0 Å². The number of nitrogens with zero attached hydrogens (tertiary/aromatic N) is 3. The van der Waals surface area contributed by atoms with Crippen molar-refractivity contribution >= 4 is 5.95 Å². The third-order valence-corrected chi connectivity index (χ3v) is 4.79. The molecule has 25 heavy (non-hydrogen) atoms. The Labute approximate surface area is 156 Å². The van der Waals surface area contributed by atoms with Crippen LogP contribution in [0.4, 0.5) is 5.95 Å². The second kappa shape index (κ2) is 11.5. The van der Waals surface area contributed by atoms with Crippen LogP contribution in [0.15, 0.2) is 12.3 Å². The van der Waals surface area contributed by atoms with Crippen molar-refractivity contribution in [1.29, 1.82) is 0 Å². The average Bonchev–Trinajstić information content (AvgIpc) is 2.56. The van der Waals surface area contributed by atoms with Gasteiger partial charge in [0.25, 0.3) is 0 Å². The van der Waals surface area contributed by atoms with Crippen LogP contribution >= 0.6 is 0 Å². The van der Waals surface area contributed by atoms with Crippen molar-refractivity contribution in [2.75, 3.05) is 11.4 Å².